The van der Waals surface area contributed by atoms with Crippen LogP contribution in [0.5, 0.6) is 5.75 Å². The number of rotatable bonds is 7. The van der Waals surface area contributed by atoms with Crippen molar-refractivity contribution < 1.29 is 14.3 Å². The Labute approximate surface area is 175 Å². The van der Waals surface area contributed by atoms with E-state index < -0.39 is 6.09 Å². The Hall–Kier alpha value is -2.32. The van der Waals surface area contributed by atoms with Crippen LogP contribution in [0.1, 0.15) is 25.3 Å². The van der Waals surface area contributed by atoms with Crippen molar-refractivity contribution in [2.45, 2.75) is 31.4 Å². The molecule has 0 aliphatic heterocycles. The third-order valence-corrected chi connectivity index (χ3v) is 5.74. The van der Waals surface area contributed by atoms with Crippen LogP contribution in [0.15, 0.2) is 47.0 Å². The van der Waals surface area contributed by atoms with Crippen LogP contribution < -0.4 is 15.4 Å². The third-order valence-electron chi connectivity index (χ3n) is 4.15. The molecule has 150 valence electrons. The number of methoxy groups -OCH3 is 2. The number of benzene rings is 1. The van der Waals surface area contributed by atoms with Gasteiger partial charge in [-0.3, -0.25) is 5.32 Å². The number of carbonyl (C=O) groups is 1. The van der Waals surface area contributed by atoms with Gasteiger partial charge in [-0.2, -0.15) is 0 Å². The molecule has 1 aromatic rings. The van der Waals surface area contributed by atoms with Gasteiger partial charge in [0.05, 0.1) is 25.6 Å². The largest absolute Gasteiger partial charge is 0.497 e. The zero-order valence-corrected chi connectivity index (χ0v) is 17.8. The van der Waals surface area contributed by atoms with Gasteiger partial charge in [-0.15, -0.1) is 11.8 Å². The molecule has 3 N–H and O–H groups in total. The average molecular weight is 420 g/mol. The van der Waals surface area contributed by atoms with Gasteiger partial charge in [0, 0.05) is 16.6 Å². The Kier molecular flexibility index (Phi) is 8.53. The van der Waals surface area contributed by atoms with Crippen molar-refractivity contribution in [2.75, 3.05) is 14.2 Å². The number of carbonyl (C=O) groups excluding carboxylic acids is 1. The number of thiocarbonyl (C=S) groups is 1. The van der Waals surface area contributed by atoms with Gasteiger partial charge in [-0.25, -0.2) is 4.79 Å². The predicted octanol–water partition coefficient (Wildman–Crippen LogP) is 4.17. The van der Waals surface area contributed by atoms with E-state index in [0.29, 0.717) is 23.1 Å². The van der Waals surface area contributed by atoms with Crippen molar-refractivity contribution in [3.8, 4) is 5.75 Å². The minimum atomic E-state index is -0.642. The summed E-state index contributed by atoms with van der Waals surface area (Å²) in [6, 6.07) is 8.13. The van der Waals surface area contributed by atoms with Gasteiger partial charge in [0.2, 0.25) is 0 Å². The van der Waals surface area contributed by atoms with E-state index in [-0.39, 0.29) is 5.11 Å². The molecule has 1 aliphatic carbocycles. The summed E-state index contributed by atoms with van der Waals surface area (Å²) in [6.45, 7) is 2.17. The highest BCUT2D eigenvalue weighted by molar-refractivity contribution is 8.03. The van der Waals surface area contributed by atoms with Crippen LogP contribution in [0.3, 0.4) is 0 Å². The second kappa shape index (κ2) is 10.9. The zero-order valence-electron chi connectivity index (χ0n) is 16.2. The number of thioether (sulfide) groups is 1. The molecule has 0 saturated heterocycles. The van der Waals surface area contributed by atoms with Crippen LogP contribution in [-0.2, 0) is 11.2 Å². The second-order valence-corrected chi connectivity index (χ2v) is 7.90. The summed E-state index contributed by atoms with van der Waals surface area (Å²) in [5.41, 5.74) is 2.27. The van der Waals surface area contributed by atoms with Crippen molar-refractivity contribution >= 4 is 40.9 Å². The zero-order chi connectivity index (χ0) is 20.5. The van der Waals surface area contributed by atoms with Crippen LogP contribution in [0.25, 0.3) is 0 Å². The lowest BCUT2D eigenvalue weighted by Gasteiger charge is -2.20. The van der Waals surface area contributed by atoms with Gasteiger partial charge in [0.1, 0.15) is 5.75 Å². The number of nitrogens with one attached hydrogen (secondary N) is 3. The van der Waals surface area contributed by atoms with E-state index in [4.69, 9.17) is 22.4 Å². The number of alkyl carbamates (subject to hydrolysis) is 1. The standard InChI is InChI=1S/C20H25N3O3S2/c1-4-15(11-13-5-7-14(25-2)8-6-13)28-16-9-10-17(21)18(12-16)22-19(27)23-20(24)26-3/h5-9,12,15,21H,4,10-11H2,1-3H3,(H2,22,23,24,27). The highest BCUT2D eigenvalue weighted by Crippen LogP contribution is 2.31. The Morgan fingerprint density at radius 1 is 1.32 bits per heavy atom. The SMILES string of the molecule is CCC(Cc1ccc(OC)cc1)SC1=CCC(=N)C(NC(=S)NC(=O)OC)=C1. The van der Waals surface area contributed by atoms with Gasteiger partial charge < -0.3 is 20.2 Å². The fourth-order valence-corrected chi connectivity index (χ4v) is 3.96. The van der Waals surface area contributed by atoms with Crippen molar-refractivity contribution in [1.82, 2.24) is 10.6 Å². The first-order valence-corrected chi connectivity index (χ1v) is 10.2. The average Bonchev–Trinajstić information content (AvgIpc) is 2.70. The first kappa shape index (κ1) is 22.0. The molecular formula is C20H25N3O3S2. The number of hydrogen-bond donors (Lipinski definition) is 3. The summed E-state index contributed by atoms with van der Waals surface area (Å²) in [5.74, 6) is 0.855. The summed E-state index contributed by atoms with van der Waals surface area (Å²) < 4.78 is 9.74. The van der Waals surface area contributed by atoms with Crippen LogP contribution in [0.4, 0.5) is 4.79 Å². The smallest absolute Gasteiger partial charge is 0.413 e. The fourth-order valence-electron chi connectivity index (χ4n) is 2.58. The molecule has 1 atom stereocenters. The van der Waals surface area contributed by atoms with E-state index in [0.717, 1.165) is 23.5 Å². The van der Waals surface area contributed by atoms with Gasteiger partial charge in [0.15, 0.2) is 5.11 Å². The molecule has 1 amide bonds. The lowest BCUT2D eigenvalue weighted by molar-refractivity contribution is 0.177. The van der Waals surface area contributed by atoms with Crippen LogP contribution in [-0.4, -0.2) is 36.4 Å². The van der Waals surface area contributed by atoms with E-state index in [9.17, 15) is 4.79 Å². The maximum absolute atomic E-state index is 11.3. The summed E-state index contributed by atoms with van der Waals surface area (Å²) in [4.78, 5) is 12.3. The Bertz CT molecular complexity index is 788. The van der Waals surface area contributed by atoms with Crippen molar-refractivity contribution in [2.24, 2.45) is 0 Å². The van der Waals surface area contributed by atoms with Gasteiger partial charge in [0.25, 0.3) is 0 Å². The molecule has 0 fully saturated rings. The molecule has 0 heterocycles. The highest BCUT2D eigenvalue weighted by Gasteiger charge is 2.17. The summed E-state index contributed by atoms with van der Waals surface area (Å²) in [5, 5.41) is 13.9. The van der Waals surface area contributed by atoms with E-state index in [1.165, 1.54) is 12.7 Å². The van der Waals surface area contributed by atoms with E-state index in [1.807, 2.05) is 24.3 Å². The Morgan fingerprint density at radius 3 is 2.64 bits per heavy atom. The van der Waals surface area contributed by atoms with Crippen LogP contribution in [0.2, 0.25) is 0 Å². The highest BCUT2D eigenvalue weighted by atomic mass is 32.2. The molecule has 0 radical (unpaired) electrons. The lowest BCUT2D eigenvalue weighted by Crippen LogP contribution is -2.40. The van der Waals surface area contributed by atoms with Crippen molar-refractivity contribution in [3.05, 3.63) is 52.6 Å². The van der Waals surface area contributed by atoms with Crippen LogP contribution >= 0.6 is 24.0 Å². The fraction of sp³-hybridized carbons (Fsp3) is 0.350. The Morgan fingerprint density at radius 2 is 2.04 bits per heavy atom. The predicted molar refractivity (Wildman–Crippen MR) is 118 cm³/mol. The van der Waals surface area contributed by atoms with E-state index in [2.05, 4.69) is 34.4 Å². The normalized spacial score (nSPS) is 14.5. The molecule has 1 aliphatic rings. The first-order valence-electron chi connectivity index (χ1n) is 8.90. The molecule has 1 aromatic carbocycles. The van der Waals surface area contributed by atoms with Crippen molar-refractivity contribution in [1.29, 1.82) is 5.41 Å². The van der Waals surface area contributed by atoms with Gasteiger partial charge in [-0.1, -0.05) is 25.1 Å². The minimum absolute atomic E-state index is 0.111. The molecule has 1 unspecified atom stereocenters. The molecule has 0 saturated carbocycles. The van der Waals surface area contributed by atoms with Crippen molar-refractivity contribution in [3.63, 3.8) is 0 Å². The maximum atomic E-state index is 11.3. The van der Waals surface area contributed by atoms with E-state index in [1.54, 1.807) is 18.9 Å². The lowest BCUT2D eigenvalue weighted by atomic mass is 10.1. The van der Waals surface area contributed by atoms with Gasteiger partial charge >= 0.3 is 6.09 Å². The third kappa shape index (κ3) is 6.69. The summed E-state index contributed by atoms with van der Waals surface area (Å²) in [7, 11) is 2.93. The minimum Gasteiger partial charge on any atom is -0.497 e. The maximum Gasteiger partial charge on any atom is 0.413 e. The molecule has 8 heteroatoms. The number of ether oxygens (including phenoxy) is 2. The number of amides is 1. The molecular weight excluding hydrogens is 394 g/mol. The molecule has 0 spiro atoms. The molecule has 0 aromatic heterocycles. The Balaban J connectivity index is 2.00. The second-order valence-electron chi connectivity index (χ2n) is 6.12. The summed E-state index contributed by atoms with van der Waals surface area (Å²) >= 11 is 6.87. The molecule has 6 nitrogen and oxygen atoms in total. The quantitative estimate of drug-likeness (QED) is 0.575. The number of allylic oxidation sites excluding steroid dienone is 3. The van der Waals surface area contributed by atoms with Crippen LogP contribution in [0, 0.1) is 5.41 Å². The first-order chi connectivity index (χ1) is 13.4. The molecule has 0 bridgehead atoms. The van der Waals surface area contributed by atoms with E-state index >= 15 is 0 Å². The molecule has 2 rings (SSSR count). The number of hydrogen-bond acceptors (Lipinski definition) is 6. The monoisotopic (exact) mass is 419 g/mol. The summed E-state index contributed by atoms with van der Waals surface area (Å²) in [6.07, 6.45) is 5.78. The topological polar surface area (TPSA) is 83.4 Å². The van der Waals surface area contributed by atoms with Gasteiger partial charge in [-0.05, 0) is 48.8 Å². The molecule has 28 heavy (non-hydrogen) atoms.